The second-order valence-electron chi connectivity index (χ2n) is 5.59. The Bertz CT molecular complexity index is 504. The molecule has 3 atom stereocenters. The first-order valence-electron chi connectivity index (χ1n) is 6.77. The van der Waals surface area contributed by atoms with Crippen LogP contribution in [0.5, 0.6) is 0 Å². The number of nitrogens with zero attached hydrogens (tertiary/aromatic N) is 1. The van der Waals surface area contributed by atoms with Crippen molar-refractivity contribution >= 4 is 21.9 Å². The average molecular weight is 304 g/mol. The van der Waals surface area contributed by atoms with Gasteiger partial charge in [0.2, 0.25) is 15.9 Å². The zero-order chi connectivity index (χ0) is 14.9. The van der Waals surface area contributed by atoms with Crippen molar-refractivity contribution < 1.29 is 23.1 Å². The van der Waals surface area contributed by atoms with Gasteiger partial charge in [-0.15, -0.1) is 0 Å². The van der Waals surface area contributed by atoms with Crippen LogP contribution in [0.2, 0.25) is 0 Å². The maximum absolute atomic E-state index is 12.3. The molecule has 1 aliphatic carbocycles. The molecule has 7 nitrogen and oxygen atoms in total. The summed E-state index contributed by atoms with van der Waals surface area (Å²) in [6, 6.07) is -0.166. The Morgan fingerprint density at radius 1 is 1.30 bits per heavy atom. The van der Waals surface area contributed by atoms with Crippen LogP contribution in [0.3, 0.4) is 0 Å². The Balaban J connectivity index is 1.96. The van der Waals surface area contributed by atoms with Crippen molar-refractivity contribution in [2.75, 3.05) is 19.3 Å². The lowest BCUT2D eigenvalue weighted by atomic mass is 10.0. The van der Waals surface area contributed by atoms with Crippen LogP contribution in [-0.4, -0.2) is 55.7 Å². The molecule has 0 aromatic carbocycles. The Hall–Kier alpha value is -1.15. The van der Waals surface area contributed by atoms with Gasteiger partial charge in [-0.1, -0.05) is 0 Å². The monoisotopic (exact) mass is 304 g/mol. The maximum Gasteiger partial charge on any atom is 0.307 e. The molecule has 2 aliphatic rings. The van der Waals surface area contributed by atoms with Crippen LogP contribution in [0, 0.1) is 11.8 Å². The number of carbonyl (C=O) groups is 2. The summed E-state index contributed by atoms with van der Waals surface area (Å²) < 4.78 is 24.7. The number of nitrogens with one attached hydrogen (secondary N) is 1. The summed E-state index contributed by atoms with van der Waals surface area (Å²) >= 11 is 0. The molecule has 2 fully saturated rings. The van der Waals surface area contributed by atoms with Crippen LogP contribution in [0.4, 0.5) is 0 Å². The van der Waals surface area contributed by atoms with E-state index in [-0.39, 0.29) is 18.5 Å². The molecular weight excluding hydrogens is 284 g/mol. The Kier molecular flexibility index (Phi) is 4.33. The highest BCUT2D eigenvalue weighted by atomic mass is 32.2. The minimum Gasteiger partial charge on any atom is -0.481 e. The predicted octanol–water partition coefficient (Wildman–Crippen LogP) is -0.363. The molecule has 1 amide bonds. The number of aliphatic carboxylic acids is 1. The quantitative estimate of drug-likeness (QED) is 0.721. The lowest BCUT2D eigenvalue weighted by Gasteiger charge is -2.36. The zero-order valence-electron chi connectivity index (χ0n) is 11.4. The number of hydrogen-bond acceptors (Lipinski definition) is 4. The summed E-state index contributed by atoms with van der Waals surface area (Å²) in [6.45, 7) is 0.785. The molecule has 1 heterocycles. The molecule has 0 spiro atoms. The highest BCUT2D eigenvalue weighted by molar-refractivity contribution is 7.88. The fourth-order valence-electron chi connectivity index (χ4n) is 2.70. The van der Waals surface area contributed by atoms with E-state index in [2.05, 4.69) is 4.72 Å². The van der Waals surface area contributed by atoms with Crippen LogP contribution in [0.15, 0.2) is 0 Å². The molecule has 2 rings (SSSR count). The van der Waals surface area contributed by atoms with Crippen molar-refractivity contribution in [2.24, 2.45) is 11.8 Å². The summed E-state index contributed by atoms with van der Waals surface area (Å²) in [4.78, 5) is 24.8. The molecule has 1 unspecified atom stereocenters. The number of sulfonamides is 1. The third kappa shape index (κ3) is 3.69. The normalized spacial score (nSPS) is 30.1. The van der Waals surface area contributed by atoms with E-state index < -0.39 is 27.8 Å². The van der Waals surface area contributed by atoms with Crippen molar-refractivity contribution in [3.63, 3.8) is 0 Å². The molecule has 1 saturated heterocycles. The first kappa shape index (κ1) is 15.2. The highest BCUT2D eigenvalue weighted by Gasteiger charge is 2.50. The second-order valence-corrected chi connectivity index (χ2v) is 7.42. The fraction of sp³-hybridized carbons (Fsp3) is 0.833. The molecule has 8 heteroatoms. The topological polar surface area (TPSA) is 104 Å². The molecule has 20 heavy (non-hydrogen) atoms. The third-order valence-electron chi connectivity index (χ3n) is 3.92. The Morgan fingerprint density at radius 3 is 2.55 bits per heavy atom. The van der Waals surface area contributed by atoms with E-state index in [0.717, 1.165) is 25.5 Å². The van der Waals surface area contributed by atoms with Crippen molar-refractivity contribution in [2.45, 2.75) is 31.7 Å². The molecule has 1 aliphatic heterocycles. The van der Waals surface area contributed by atoms with E-state index in [0.29, 0.717) is 13.0 Å². The second kappa shape index (κ2) is 5.69. The highest BCUT2D eigenvalue weighted by Crippen LogP contribution is 2.41. The molecule has 0 bridgehead atoms. The van der Waals surface area contributed by atoms with Gasteiger partial charge in [-0.3, -0.25) is 9.59 Å². The molecule has 0 aromatic rings. The molecule has 114 valence electrons. The molecule has 1 saturated carbocycles. The van der Waals surface area contributed by atoms with Crippen molar-refractivity contribution in [1.82, 2.24) is 9.62 Å². The van der Waals surface area contributed by atoms with Crippen LogP contribution in [-0.2, 0) is 19.6 Å². The van der Waals surface area contributed by atoms with Gasteiger partial charge in [0.1, 0.15) is 0 Å². The number of hydrogen-bond donors (Lipinski definition) is 2. The number of carbonyl (C=O) groups excluding carboxylic acids is 1. The summed E-state index contributed by atoms with van der Waals surface area (Å²) in [5.41, 5.74) is 0. The molecular formula is C12H20N2O5S. The van der Waals surface area contributed by atoms with E-state index in [4.69, 9.17) is 5.11 Å². The Morgan fingerprint density at radius 2 is 2.00 bits per heavy atom. The fourth-order valence-corrected chi connectivity index (χ4v) is 3.20. The maximum atomic E-state index is 12.3. The lowest BCUT2D eigenvalue weighted by Crippen LogP contribution is -2.50. The van der Waals surface area contributed by atoms with Crippen molar-refractivity contribution in [1.29, 1.82) is 0 Å². The number of amides is 1. The molecule has 0 radical (unpaired) electrons. The van der Waals surface area contributed by atoms with Crippen LogP contribution < -0.4 is 4.72 Å². The number of piperidine rings is 1. The first-order valence-corrected chi connectivity index (χ1v) is 8.66. The minimum absolute atomic E-state index is 0.141. The summed E-state index contributed by atoms with van der Waals surface area (Å²) in [5.74, 6) is -2.05. The Labute approximate surface area is 118 Å². The van der Waals surface area contributed by atoms with Gasteiger partial charge in [-0.05, 0) is 25.7 Å². The largest absolute Gasteiger partial charge is 0.481 e. The number of carboxylic acids is 1. The van der Waals surface area contributed by atoms with Gasteiger partial charge >= 0.3 is 5.97 Å². The first-order chi connectivity index (χ1) is 9.29. The number of rotatable bonds is 5. The number of carboxylic acid groups (broad SMARTS) is 1. The van der Waals surface area contributed by atoms with Crippen LogP contribution in [0.25, 0.3) is 0 Å². The van der Waals surface area contributed by atoms with E-state index in [1.807, 2.05) is 0 Å². The van der Waals surface area contributed by atoms with Crippen LogP contribution in [0.1, 0.15) is 25.7 Å². The van der Waals surface area contributed by atoms with Gasteiger partial charge in [0.05, 0.1) is 18.1 Å². The van der Waals surface area contributed by atoms with Gasteiger partial charge in [-0.2, -0.15) is 0 Å². The van der Waals surface area contributed by atoms with Gasteiger partial charge in [0, 0.05) is 19.1 Å². The smallest absolute Gasteiger partial charge is 0.307 e. The van der Waals surface area contributed by atoms with Gasteiger partial charge in [-0.25, -0.2) is 13.1 Å². The summed E-state index contributed by atoms with van der Waals surface area (Å²) in [7, 11) is -3.28. The van der Waals surface area contributed by atoms with Gasteiger partial charge in [0.25, 0.3) is 0 Å². The van der Waals surface area contributed by atoms with E-state index in [9.17, 15) is 18.0 Å². The van der Waals surface area contributed by atoms with E-state index in [1.54, 1.807) is 4.90 Å². The molecule has 2 N–H and O–H groups in total. The lowest BCUT2D eigenvalue weighted by molar-refractivity contribution is -0.143. The SMILES string of the molecule is CS(=O)(=O)NCC1CCCCN1C(=O)[C@@H]1C[C@@H]1C(=O)O. The predicted molar refractivity (Wildman–Crippen MR) is 71.4 cm³/mol. The van der Waals surface area contributed by atoms with E-state index >= 15 is 0 Å². The standard InChI is InChI=1S/C12H20N2O5S/c1-20(18,19)13-7-8-4-2-3-5-14(8)11(15)9-6-10(9)12(16)17/h8-10,13H,2-7H2,1H3,(H,16,17)/t8?,9-,10+/m1/s1. The van der Waals surface area contributed by atoms with E-state index in [1.165, 1.54) is 0 Å². The average Bonchev–Trinajstić information content (AvgIpc) is 3.15. The minimum atomic E-state index is -3.28. The summed E-state index contributed by atoms with van der Waals surface area (Å²) in [5, 5.41) is 8.88. The van der Waals surface area contributed by atoms with Crippen molar-refractivity contribution in [3.8, 4) is 0 Å². The van der Waals surface area contributed by atoms with Gasteiger partial charge in [0.15, 0.2) is 0 Å². The van der Waals surface area contributed by atoms with Crippen molar-refractivity contribution in [3.05, 3.63) is 0 Å². The van der Waals surface area contributed by atoms with Gasteiger partial charge < -0.3 is 10.0 Å². The van der Waals surface area contributed by atoms with Crippen LogP contribution >= 0.6 is 0 Å². The zero-order valence-corrected chi connectivity index (χ0v) is 12.2. The number of likely N-dealkylation sites (tertiary alicyclic amines) is 1. The molecule has 0 aromatic heterocycles. The third-order valence-corrected chi connectivity index (χ3v) is 4.61. The summed E-state index contributed by atoms with van der Waals surface area (Å²) in [6.07, 6.45) is 4.07.